The monoisotopic (exact) mass is 231 g/mol. The predicted octanol–water partition coefficient (Wildman–Crippen LogP) is 2.73. The summed E-state index contributed by atoms with van der Waals surface area (Å²) in [6.07, 6.45) is 1.03. The van der Waals surface area contributed by atoms with Gasteiger partial charge in [0.15, 0.2) is 0 Å². The first-order valence-electron chi connectivity index (χ1n) is 6.47. The van der Waals surface area contributed by atoms with Crippen LogP contribution in [0.3, 0.4) is 0 Å². The molecule has 1 aliphatic rings. The van der Waals surface area contributed by atoms with Gasteiger partial charge in [-0.05, 0) is 18.5 Å². The third-order valence-corrected chi connectivity index (χ3v) is 3.49. The molecule has 1 aromatic carbocycles. The second kappa shape index (κ2) is 5.46. The van der Waals surface area contributed by atoms with Gasteiger partial charge < -0.3 is 0 Å². The van der Waals surface area contributed by atoms with E-state index in [1.807, 2.05) is 19.9 Å². The normalized spacial score (nSPS) is 21.0. The van der Waals surface area contributed by atoms with Gasteiger partial charge in [-0.1, -0.05) is 44.2 Å². The van der Waals surface area contributed by atoms with Crippen molar-refractivity contribution in [2.24, 2.45) is 11.8 Å². The molecule has 0 N–H and O–H groups in total. The van der Waals surface area contributed by atoms with Gasteiger partial charge in [-0.3, -0.25) is 9.69 Å². The Morgan fingerprint density at radius 1 is 1.35 bits per heavy atom. The minimum absolute atomic E-state index is 0.177. The first-order valence-corrected chi connectivity index (χ1v) is 6.47. The maximum Gasteiger partial charge on any atom is 0.139 e. The molecule has 0 aromatic heterocycles. The highest BCUT2D eigenvalue weighted by molar-refractivity contribution is 5.83. The standard InChI is InChI=1S/C15H21NO/c1-12(2)15(17)14-8-9-16(11-14)10-13-6-4-3-5-7-13/h3-7,12,14H,8-11H2,1-2H3/t14-/m0/s1. The number of benzene rings is 1. The maximum atomic E-state index is 11.9. The van der Waals surface area contributed by atoms with Crippen LogP contribution in [0.4, 0.5) is 0 Å². The van der Waals surface area contributed by atoms with Crippen molar-refractivity contribution in [2.45, 2.75) is 26.8 Å². The molecule has 1 heterocycles. The molecule has 2 rings (SSSR count). The summed E-state index contributed by atoms with van der Waals surface area (Å²) in [4.78, 5) is 14.3. The average molecular weight is 231 g/mol. The summed E-state index contributed by atoms with van der Waals surface area (Å²) < 4.78 is 0. The van der Waals surface area contributed by atoms with Crippen molar-refractivity contribution in [1.82, 2.24) is 4.90 Å². The van der Waals surface area contributed by atoms with Crippen LogP contribution in [-0.2, 0) is 11.3 Å². The van der Waals surface area contributed by atoms with Crippen LogP contribution in [0.1, 0.15) is 25.8 Å². The van der Waals surface area contributed by atoms with E-state index in [0.29, 0.717) is 5.78 Å². The summed E-state index contributed by atoms with van der Waals surface area (Å²) in [7, 11) is 0. The topological polar surface area (TPSA) is 20.3 Å². The van der Waals surface area contributed by atoms with Crippen molar-refractivity contribution in [3.05, 3.63) is 35.9 Å². The molecule has 2 heteroatoms. The van der Waals surface area contributed by atoms with E-state index in [1.165, 1.54) is 5.56 Å². The predicted molar refractivity (Wildman–Crippen MR) is 69.7 cm³/mol. The minimum atomic E-state index is 0.177. The number of hydrogen-bond donors (Lipinski definition) is 0. The Hall–Kier alpha value is -1.15. The molecule has 1 atom stereocenters. The largest absolute Gasteiger partial charge is 0.299 e. The zero-order chi connectivity index (χ0) is 12.3. The summed E-state index contributed by atoms with van der Waals surface area (Å²) in [6, 6.07) is 10.5. The number of rotatable bonds is 4. The maximum absolute atomic E-state index is 11.9. The highest BCUT2D eigenvalue weighted by Crippen LogP contribution is 2.21. The molecule has 17 heavy (non-hydrogen) atoms. The SMILES string of the molecule is CC(C)C(=O)[C@H]1CCN(Cc2ccccc2)C1. The van der Waals surface area contributed by atoms with E-state index in [-0.39, 0.29) is 11.8 Å². The lowest BCUT2D eigenvalue weighted by atomic mass is 9.95. The lowest BCUT2D eigenvalue weighted by molar-refractivity contribution is -0.125. The number of ketones is 1. The van der Waals surface area contributed by atoms with Crippen LogP contribution in [0, 0.1) is 11.8 Å². The number of hydrogen-bond acceptors (Lipinski definition) is 2. The summed E-state index contributed by atoms with van der Waals surface area (Å²) >= 11 is 0. The summed E-state index contributed by atoms with van der Waals surface area (Å²) in [5.74, 6) is 0.871. The molecule has 1 fully saturated rings. The Morgan fingerprint density at radius 3 is 2.71 bits per heavy atom. The van der Waals surface area contributed by atoms with Crippen molar-refractivity contribution < 1.29 is 4.79 Å². The van der Waals surface area contributed by atoms with Gasteiger partial charge in [0.25, 0.3) is 0 Å². The van der Waals surface area contributed by atoms with Crippen LogP contribution in [0.5, 0.6) is 0 Å². The molecular formula is C15H21NO. The van der Waals surface area contributed by atoms with Crippen LogP contribution in [-0.4, -0.2) is 23.8 Å². The molecule has 1 saturated heterocycles. The summed E-state index contributed by atoms with van der Waals surface area (Å²) in [5, 5.41) is 0. The van der Waals surface area contributed by atoms with E-state index in [9.17, 15) is 4.79 Å². The fraction of sp³-hybridized carbons (Fsp3) is 0.533. The molecule has 0 aliphatic carbocycles. The minimum Gasteiger partial charge on any atom is -0.299 e. The van der Waals surface area contributed by atoms with Gasteiger partial charge in [0.1, 0.15) is 5.78 Å². The highest BCUT2D eigenvalue weighted by atomic mass is 16.1. The zero-order valence-corrected chi connectivity index (χ0v) is 10.7. The smallest absolute Gasteiger partial charge is 0.139 e. The van der Waals surface area contributed by atoms with Crippen LogP contribution in [0.15, 0.2) is 30.3 Å². The second-order valence-corrected chi connectivity index (χ2v) is 5.26. The molecule has 0 saturated carbocycles. The van der Waals surface area contributed by atoms with Crippen molar-refractivity contribution in [1.29, 1.82) is 0 Å². The van der Waals surface area contributed by atoms with E-state index >= 15 is 0 Å². The Morgan fingerprint density at radius 2 is 2.06 bits per heavy atom. The van der Waals surface area contributed by atoms with Crippen LogP contribution in [0.2, 0.25) is 0 Å². The molecule has 0 radical (unpaired) electrons. The number of likely N-dealkylation sites (tertiary alicyclic amines) is 1. The van der Waals surface area contributed by atoms with Crippen molar-refractivity contribution >= 4 is 5.78 Å². The molecule has 1 aliphatic heterocycles. The first kappa shape index (κ1) is 12.3. The van der Waals surface area contributed by atoms with Crippen molar-refractivity contribution in [3.63, 3.8) is 0 Å². The molecule has 1 aromatic rings. The molecule has 0 bridgehead atoms. The molecule has 92 valence electrons. The quantitative estimate of drug-likeness (QED) is 0.794. The highest BCUT2D eigenvalue weighted by Gasteiger charge is 2.29. The van der Waals surface area contributed by atoms with Crippen LogP contribution >= 0.6 is 0 Å². The number of carbonyl (C=O) groups is 1. The molecule has 0 amide bonds. The van der Waals surface area contributed by atoms with E-state index in [1.54, 1.807) is 0 Å². The van der Waals surface area contributed by atoms with E-state index in [4.69, 9.17) is 0 Å². The number of carbonyl (C=O) groups excluding carboxylic acids is 1. The molecule has 0 unspecified atom stereocenters. The average Bonchev–Trinajstić information content (AvgIpc) is 2.77. The van der Waals surface area contributed by atoms with Gasteiger partial charge in [-0.2, -0.15) is 0 Å². The van der Waals surface area contributed by atoms with E-state index in [0.717, 1.165) is 26.1 Å². The van der Waals surface area contributed by atoms with Gasteiger partial charge in [0.05, 0.1) is 0 Å². The number of Topliss-reactive ketones (excluding diaryl/α,β-unsaturated/α-hetero) is 1. The van der Waals surface area contributed by atoms with E-state index < -0.39 is 0 Å². The van der Waals surface area contributed by atoms with Gasteiger partial charge in [-0.15, -0.1) is 0 Å². The Balaban J connectivity index is 1.88. The third kappa shape index (κ3) is 3.16. The second-order valence-electron chi connectivity index (χ2n) is 5.26. The van der Waals surface area contributed by atoms with Crippen molar-refractivity contribution in [2.75, 3.05) is 13.1 Å². The Kier molecular flexibility index (Phi) is 3.95. The molecular weight excluding hydrogens is 210 g/mol. The van der Waals surface area contributed by atoms with Gasteiger partial charge >= 0.3 is 0 Å². The fourth-order valence-electron chi connectivity index (χ4n) is 2.52. The van der Waals surface area contributed by atoms with E-state index in [2.05, 4.69) is 29.2 Å². The van der Waals surface area contributed by atoms with Crippen LogP contribution in [0.25, 0.3) is 0 Å². The molecule has 0 spiro atoms. The zero-order valence-electron chi connectivity index (χ0n) is 10.7. The number of nitrogens with zero attached hydrogens (tertiary/aromatic N) is 1. The lowest BCUT2D eigenvalue weighted by Crippen LogP contribution is -2.25. The van der Waals surface area contributed by atoms with Gasteiger partial charge in [-0.25, -0.2) is 0 Å². The first-order chi connectivity index (χ1) is 8.16. The Labute approximate surface area is 104 Å². The Bertz CT molecular complexity index is 372. The summed E-state index contributed by atoms with van der Waals surface area (Å²) in [6.45, 7) is 6.97. The van der Waals surface area contributed by atoms with Crippen LogP contribution < -0.4 is 0 Å². The van der Waals surface area contributed by atoms with Gasteiger partial charge in [0, 0.05) is 24.9 Å². The third-order valence-electron chi connectivity index (χ3n) is 3.49. The lowest BCUT2D eigenvalue weighted by Gasteiger charge is -2.16. The fourth-order valence-corrected chi connectivity index (χ4v) is 2.52. The molecule has 2 nitrogen and oxygen atoms in total. The summed E-state index contributed by atoms with van der Waals surface area (Å²) in [5.41, 5.74) is 1.34. The van der Waals surface area contributed by atoms with Crippen molar-refractivity contribution in [3.8, 4) is 0 Å². The van der Waals surface area contributed by atoms with Gasteiger partial charge in [0.2, 0.25) is 0 Å².